The minimum Gasteiger partial charge on any atom is -0.441 e. The maximum atomic E-state index is 5.61. The van der Waals surface area contributed by atoms with E-state index in [0.29, 0.717) is 0 Å². The Bertz CT molecular complexity index is 741. The molecule has 0 amide bonds. The summed E-state index contributed by atoms with van der Waals surface area (Å²) >= 11 is 0. The van der Waals surface area contributed by atoms with Gasteiger partial charge in [0, 0.05) is 37.0 Å². The van der Waals surface area contributed by atoms with Gasteiger partial charge in [0.25, 0.3) is 0 Å². The normalized spacial score (nSPS) is 11.2. The second-order valence-corrected chi connectivity index (χ2v) is 4.88. The van der Waals surface area contributed by atoms with Crippen LogP contribution < -0.4 is 5.32 Å². The third-order valence-electron chi connectivity index (χ3n) is 3.55. The smallest absolute Gasteiger partial charge is 0.195 e. The van der Waals surface area contributed by atoms with Crippen LogP contribution in [0.25, 0.3) is 11.1 Å². The molecule has 20 heavy (non-hydrogen) atoms. The van der Waals surface area contributed by atoms with Gasteiger partial charge in [0.05, 0.1) is 6.20 Å². The Kier molecular flexibility index (Phi) is 3.18. The molecule has 0 aliphatic heterocycles. The van der Waals surface area contributed by atoms with E-state index in [1.807, 2.05) is 43.0 Å². The van der Waals surface area contributed by atoms with Gasteiger partial charge in [-0.1, -0.05) is 6.92 Å². The maximum Gasteiger partial charge on any atom is 0.195 e. The first-order chi connectivity index (χ1) is 9.67. The molecule has 104 valence electrons. The Hall–Kier alpha value is -2.30. The van der Waals surface area contributed by atoms with Crippen LogP contribution in [0.15, 0.2) is 28.8 Å². The number of aromatic nitrogens is 3. The average molecular weight is 270 g/mol. The zero-order valence-electron chi connectivity index (χ0n) is 12.0. The number of aryl methyl sites for hydroxylation is 2. The van der Waals surface area contributed by atoms with Crippen LogP contribution in [0.1, 0.15) is 24.1 Å². The Morgan fingerprint density at radius 3 is 2.90 bits per heavy atom. The van der Waals surface area contributed by atoms with E-state index in [9.17, 15) is 0 Å². The molecular formula is C15H18N4O. The maximum absolute atomic E-state index is 5.61. The summed E-state index contributed by atoms with van der Waals surface area (Å²) in [4.78, 5) is 4.45. The number of fused-ring (bicyclic) bond motifs is 1. The number of hydrogen-bond acceptors (Lipinski definition) is 4. The van der Waals surface area contributed by atoms with Crippen LogP contribution in [0, 0.1) is 6.92 Å². The van der Waals surface area contributed by atoms with Crippen LogP contribution in [0.2, 0.25) is 0 Å². The van der Waals surface area contributed by atoms with E-state index in [1.165, 1.54) is 11.3 Å². The van der Waals surface area contributed by atoms with Crippen LogP contribution in [-0.4, -0.2) is 14.8 Å². The van der Waals surface area contributed by atoms with Crippen LogP contribution in [0.4, 0.5) is 5.69 Å². The predicted molar refractivity (Wildman–Crippen MR) is 78.7 cm³/mol. The molecule has 0 fully saturated rings. The molecule has 0 bridgehead atoms. The number of anilines is 1. The van der Waals surface area contributed by atoms with Crippen molar-refractivity contribution in [2.45, 2.75) is 26.8 Å². The molecule has 0 saturated heterocycles. The molecule has 0 unspecified atom stereocenters. The van der Waals surface area contributed by atoms with Gasteiger partial charge in [-0.3, -0.25) is 4.68 Å². The van der Waals surface area contributed by atoms with E-state index in [-0.39, 0.29) is 0 Å². The van der Waals surface area contributed by atoms with Crippen molar-refractivity contribution in [2.75, 3.05) is 5.32 Å². The molecule has 2 heterocycles. The fourth-order valence-electron chi connectivity index (χ4n) is 2.15. The monoisotopic (exact) mass is 270 g/mol. The summed E-state index contributed by atoms with van der Waals surface area (Å²) < 4.78 is 7.49. The summed E-state index contributed by atoms with van der Waals surface area (Å²) in [7, 11) is 1.95. The first kappa shape index (κ1) is 12.7. The fraction of sp³-hybridized carbons (Fsp3) is 0.333. The molecule has 5 heteroatoms. The largest absolute Gasteiger partial charge is 0.441 e. The van der Waals surface area contributed by atoms with Gasteiger partial charge in [-0.05, 0) is 25.1 Å². The molecule has 0 aliphatic carbocycles. The summed E-state index contributed by atoms with van der Waals surface area (Å²) in [5.74, 6) is 0.778. The molecule has 0 radical (unpaired) electrons. The third-order valence-corrected chi connectivity index (χ3v) is 3.55. The number of rotatable bonds is 4. The van der Waals surface area contributed by atoms with Gasteiger partial charge in [-0.2, -0.15) is 5.10 Å². The molecule has 5 nitrogen and oxygen atoms in total. The SMILES string of the molecule is CCc1nc2cc(NCc3cnn(C)c3C)ccc2o1. The summed E-state index contributed by atoms with van der Waals surface area (Å²) in [5.41, 5.74) is 5.15. The topological polar surface area (TPSA) is 55.9 Å². The first-order valence-electron chi connectivity index (χ1n) is 6.78. The highest BCUT2D eigenvalue weighted by molar-refractivity contribution is 5.77. The van der Waals surface area contributed by atoms with E-state index in [1.54, 1.807) is 0 Å². The highest BCUT2D eigenvalue weighted by Crippen LogP contribution is 2.21. The van der Waals surface area contributed by atoms with Gasteiger partial charge in [0.1, 0.15) is 5.52 Å². The Labute approximate surface area is 117 Å². The van der Waals surface area contributed by atoms with Gasteiger partial charge in [-0.25, -0.2) is 4.98 Å². The molecule has 1 aromatic carbocycles. The van der Waals surface area contributed by atoms with Crippen molar-refractivity contribution in [3.05, 3.63) is 41.5 Å². The van der Waals surface area contributed by atoms with E-state index in [0.717, 1.165) is 35.6 Å². The molecule has 0 atom stereocenters. The molecule has 0 spiro atoms. The molecule has 1 N–H and O–H groups in total. The van der Waals surface area contributed by atoms with Crippen molar-refractivity contribution in [3.63, 3.8) is 0 Å². The van der Waals surface area contributed by atoms with Crippen LogP contribution in [0.5, 0.6) is 0 Å². The Morgan fingerprint density at radius 1 is 1.35 bits per heavy atom. The lowest BCUT2D eigenvalue weighted by Gasteiger charge is -2.05. The van der Waals surface area contributed by atoms with Crippen molar-refractivity contribution in [2.24, 2.45) is 7.05 Å². The molecule has 2 aromatic heterocycles. The van der Waals surface area contributed by atoms with E-state index < -0.39 is 0 Å². The zero-order valence-corrected chi connectivity index (χ0v) is 12.0. The lowest BCUT2D eigenvalue weighted by Crippen LogP contribution is -2.01. The van der Waals surface area contributed by atoms with Crippen molar-refractivity contribution >= 4 is 16.8 Å². The quantitative estimate of drug-likeness (QED) is 0.791. The van der Waals surface area contributed by atoms with Gasteiger partial charge in [-0.15, -0.1) is 0 Å². The number of nitrogens with zero attached hydrogens (tertiary/aromatic N) is 3. The zero-order chi connectivity index (χ0) is 14.1. The highest BCUT2D eigenvalue weighted by Gasteiger charge is 2.06. The van der Waals surface area contributed by atoms with E-state index in [2.05, 4.69) is 22.3 Å². The lowest BCUT2D eigenvalue weighted by molar-refractivity contribution is 0.538. The van der Waals surface area contributed by atoms with Crippen molar-refractivity contribution in [1.29, 1.82) is 0 Å². The predicted octanol–water partition coefficient (Wildman–Crippen LogP) is 3.04. The molecule has 0 saturated carbocycles. The first-order valence-corrected chi connectivity index (χ1v) is 6.78. The highest BCUT2D eigenvalue weighted by atomic mass is 16.3. The fourth-order valence-corrected chi connectivity index (χ4v) is 2.15. The number of hydrogen-bond donors (Lipinski definition) is 1. The average Bonchev–Trinajstić information content (AvgIpc) is 3.01. The summed E-state index contributed by atoms with van der Waals surface area (Å²) in [6.45, 7) is 4.86. The van der Waals surface area contributed by atoms with Crippen molar-refractivity contribution in [3.8, 4) is 0 Å². The Morgan fingerprint density at radius 2 is 2.20 bits per heavy atom. The number of nitrogens with one attached hydrogen (secondary N) is 1. The van der Waals surface area contributed by atoms with Crippen LogP contribution in [0.3, 0.4) is 0 Å². The molecule has 3 rings (SSSR count). The van der Waals surface area contributed by atoms with E-state index in [4.69, 9.17) is 4.42 Å². The van der Waals surface area contributed by atoms with E-state index >= 15 is 0 Å². The summed E-state index contributed by atoms with van der Waals surface area (Å²) in [6, 6.07) is 5.99. The Balaban J connectivity index is 1.79. The third kappa shape index (κ3) is 2.27. The molecular weight excluding hydrogens is 252 g/mol. The van der Waals surface area contributed by atoms with Crippen molar-refractivity contribution < 1.29 is 4.42 Å². The van der Waals surface area contributed by atoms with Gasteiger partial charge in [0.2, 0.25) is 0 Å². The second kappa shape index (κ2) is 5.00. The standard InChI is InChI=1S/C15H18N4O/c1-4-15-18-13-7-12(5-6-14(13)20-15)16-8-11-9-17-19(3)10(11)2/h5-7,9,16H,4,8H2,1-3H3. The van der Waals surface area contributed by atoms with Gasteiger partial charge >= 0.3 is 0 Å². The number of benzene rings is 1. The summed E-state index contributed by atoms with van der Waals surface area (Å²) in [6.07, 6.45) is 2.71. The lowest BCUT2D eigenvalue weighted by atomic mass is 10.2. The van der Waals surface area contributed by atoms with Crippen molar-refractivity contribution in [1.82, 2.24) is 14.8 Å². The second-order valence-electron chi connectivity index (χ2n) is 4.88. The van der Waals surface area contributed by atoms with Gasteiger partial charge in [0.15, 0.2) is 11.5 Å². The van der Waals surface area contributed by atoms with Gasteiger partial charge < -0.3 is 9.73 Å². The van der Waals surface area contributed by atoms with Crippen LogP contribution >= 0.6 is 0 Å². The molecule has 0 aliphatic rings. The number of oxazole rings is 1. The minimum atomic E-state index is 0.754. The van der Waals surface area contributed by atoms with Crippen LogP contribution in [-0.2, 0) is 20.0 Å². The summed E-state index contributed by atoms with van der Waals surface area (Å²) in [5, 5.41) is 7.64. The molecule has 3 aromatic rings. The minimum absolute atomic E-state index is 0.754.